The van der Waals surface area contributed by atoms with E-state index in [1.54, 1.807) is 10.9 Å². The van der Waals surface area contributed by atoms with E-state index < -0.39 is 12.0 Å². The summed E-state index contributed by atoms with van der Waals surface area (Å²) < 4.78 is 1.78. The first-order valence-corrected chi connectivity index (χ1v) is 7.83. The lowest BCUT2D eigenvalue weighted by atomic mass is 10.2. The lowest BCUT2D eigenvalue weighted by Gasteiger charge is -2.26. The highest BCUT2D eigenvalue weighted by Gasteiger charge is 2.40. The molecule has 2 atom stereocenters. The minimum atomic E-state index is -0.957. The van der Waals surface area contributed by atoms with Crippen LogP contribution in [0.25, 0.3) is 0 Å². The standard InChI is InChI=1S/C12H19N5O3S/c1-3-10-17(8(6-21-10)11(18)19)12(20)13-5-4-9-15-14-7-16(9)2/h7-8,10H,3-6H2,1-2H3,(H,13,20)(H,18,19). The predicted octanol–water partition coefficient (Wildman–Crippen LogP) is 0.305. The van der Waals surface area contributed by atoms with Crippen molar-refractivity contribution in [2.45, 2.75) is 31.2 Å². The maximum absolute atomic E-state index is 12.2. The molecular formula is C12H19N5O3S. The summed E-state index contributed by atoms with van der Waals surface area (Å²) in [4.78, 5) is 24.9. The zero-order chi connectivity index (χ0) is 15.4. The minimum Gasteiger partial charge on any atom is -0.480 e. The first kappa shape index (κ1) is 15.6. The number of carbonyl (C=O) groups excluding carboxylic acids is 1. The van der Waals surface area contributed by atoms with Gasteiger partial charge in [-0.25, -0.2) is 9.59 Å². The maximum atomic E-state index is 12.2. The van der Waals surface area contributed by atoms with E-state index in [1.165, 1.54) is 16.7 Å². The molecular weight excluding hydrogens is 294 g/mol. The van der Waals surface area contributed by atoms with Crippen molar-refractivity contribution >= 4 is 23.8 Å². The molecule has 9 heteroatoms. The van der Waals surface area contributed by atoms with Gasteiger partial charge in [0.1, 0.15) is 18.2 Å². The van der Waals surface area contributed by atoms with Gasteiger partial charge in [0, 0.05) is 25.8 Å². The van der Waals surface area contributed by atoms with Crippen LogP contribution in [0.15, 0.2) is 6.33 Å². The quantitative estimate of drug-likeness (QED) is 0.811. The Balaban J connectivity index is 1.91. The molecule has 1 aliphatic heterocycles. The first-order valence-electron chi connectivity index (χ1n) is 6.78. The number of urea groups is 1. The second-order valence-electron chi connectivity index (χ2n) is 4.80. The number of carbonyl (C=O) groups is 2. The third kappa shape index (κ3) is 3.46. The Bertz CT molecular complexity index is 521. The number of nitrogens with one attached hydrogen (secondary N) is 1. The van der Waals surface area contributed by atoms with Gasteiger partial charge in [0.25, 0.3) is 0 Å². The van der Waals surface area contributed by atoms with Gasteiger partial charge in [-0.05, 0) is 6.42 Å². The van der Waals surface area contributed by atoms with E-state index in [4.69, 9.17) is 0 Å². The normalized spacial score (nSPS) is 21.5. The molecule has 116 valence electrons. The van der Waals surface area contributed by atoms with Gasteiger partial charge < -0.3 is 15.0 Å². The van der Waals surface area contributed by atoms with E-state index in [0.29, 0.717) is 18.7 Å². The van der Waals surface area contributed by atoms with Gasteiger partial charge in [0.05, 0.1) is 5.37 Å². The second kappa shape index (κ2) is 6.79. The molecule has 2 unspecified atom stereocenters. The Morgan fingerprint density at radius 2 is 2.33 bits per heavy atom. The molecule has 1 fully saturated rings. The summed E-state index contributed by atoms with van der Waals surface area (Å²) in [7, 11) is 1.84. The summed E-state index contributed by atoms with van der Waals surface area (Å²) in [5, 5.41) is 19.6. The number of nitrogens with zero attached hydrogens (tertiary/aromatic N) is 4. The number of carboxylic acids is 1. The van der Waals surface area contributed by atoms with E-state index in [-0.39, 0.29) is 11.4 Å². The number of hydrogen-bond donors (Lipinski definition) is 2. The molecule has 21 heavy (non-hydrogen) atoms. The Morgan fingerprint density at radius 1 is 1.57 bits per heavy atom. The van der Waals surface area contributed by atoms with Crippen molar-refractivity contribution in [2.24, 2.45) is 7.05 Å². The van der Waals surface area contributed by atoms with Crippen LogP contribution in [0.2, 0.25) is 0 Å². The molecule has 0 aliphatic carbocycles. The maximum Gasteiger partial charge on any atom is 0.327 e. The third-order valence-corrected chi connectivity index (χ3v) is 4.84. The largest absolute Gasteiger partial charge is 0.480 e. The van der Waals surface area contributed by atoms with E-state index in [2.05, 4.69) is 15.5 Å². The van der Waals surface area contributed by atoms with Crippen LogP contribution in [0.4, 0.5) is 4.79 Å². The molecule has 0 saturated carbocycles. The zero-order valence-corrected chi connectivity index (χ0v) is 12.8. The highest BCUT2D eigenvalue weighted by Crippen LogP contribution is 2.31. The lowest BCUT2D eigenvalue weighted by molar-refractivity contribution is -0.141. The van der Waals surface area contributed by atoms with E-state index in [1.807, 2.05) is 14.0 Å². The molecule has 8 nitrogen and oxygen atoms in total. The highest BCUT2D eigenvalue weighted by molar-refractivity contribution is 8.00. The topological polar surface area (TPSA) is 100 Å². The van der Waals surface area contributed by atoms with Crippen molar-refractivity contribution in [2.75, 3.05) is 12.3 Å². The summed E-state index contributed by atoms with van der Waals surface area (Å²) in [6.45, 7) is 2.34. The smallest absolute Gasteiger partial charge is 0.327 e. The van der Waals surface area contributed by atoms with Crippen LogP contribution in [0, 0.1) is 0 Å². The number of carboxylic acid groups (broad SMARTS) is 1. The fraction of sp³-hybridized carbons (Fsp3) is 0.667. The summed E-state index contributed by atoms with van der Waals surface area (Å²) in [5.41, 5.74) is 0. The van der Waals surface area contributed by atoms with Crippen LogP contribution in [-0.2, 0) is 18.3 Å². The molecule has 1 saturated heterocycles. The third-order valence-electron chi connectivity index (χ3n) is 3.39. The van der Waals surface area contributed by atoms with Crippen LogP contribution in [-0.4, -0.2) is 60.5 Å². The second-order valence-corrected chi connectivity index (χ2v) is 6.01. The Morgan fingerprint density at radius 3 is 2.90 bits per heavy atom. The Kier molecular flexibility index (Phi) is 5.05. The van der Waals surface area contributed by atoms with Gasteiger partial charge in [0.15, 0.2) is 0 Å². The zero-order valence-electron chi connectivity index (χ0n) is 12.0. The first-order chi connectivity index (χ1) is 10.0. The van der Waals surface area contributed by atoms with E-state index >= 15 is 0 Å². The molecule has 2 rings (SSSR count). The van der Waals surface area contributed by atoms with E-state index in [9.17, 15) is 14.7 Å². The van der Waals surface area contributed by atoms with Gasteiger partial charge in [-0.2, -0.15) is 0 Å². The molecule has 0 spiro atoms. The number of hydrogen-bond acceptors (Lipinski definition) is 5. The average molecular weight is 313 g/mol. The Labute approximate surface area is 126 Å². The predicted molar refractivity (Wildman–Crippen MR) is 77.9 cm³/mol. The van der Waals surface area contributed by atoms with Crippen molar-refractivity contribution in [1.82, 2.24) is 25.0 Å². The van der Waals surface area contributed by atoms with E-state index in [0.717, 1.165) is 12.2 Å². The fourth-order valence-electron chi connectivity index (χ4n) is 2.25. The summed E-state index contributed by atoms with van der Waals surface area (Å²) in [5.74, 6) is 0.250. The average Bonchev–Trinajstić information content (AvgIpc) is 3.05. The van der Waals surface area contributed by atoms with Crippen LogP contribution < -0.4 is 5.32 Å². The van der Waals surface area contributed by atoms with Crippen molar-refractivity contribution in [1.29, 1.82) is 0 Å². The monoisotopic (exact) mass is 313 g/mol. The van der Waals surface area contributed by atoms with Crippen molar-refractivity contribution < 1.29 is 14.7 Å². The molecule has 1 aromatic heterocycles. The molecule has 0 bridgehead atoms. The summed E-state index contributed by atoms with van der Waals surface area (Å²) in [6.07, 6.45) is 2.88. The number of rotatable bonds is 5. The van der Waals surface area contributed by atoms with Crippen LogP contribution in [0.5, 0.6) is 0 Å². The van der Waals surface area contributed by atoms with Crippen LogP contribution in [0.1, 0.15) is 19.2 Å². The SMILES string of the molecule is CCC1SCC(C(=O)O)N1C(=O)NCCc1nncn1C. The molecule has 0 aromatic carbocycles. The summed E-state index contributed by atoms with van der Waals surface area (Å²) in [6, 6.07) is -1.09. The van der Waals surface area contributed by atoms with Gasteiger partial charge in [-0.3, -0.25) is 4.90 Å². The molecule has 2 amide bonds. The lowest BCUT2D eigenvalue weighted by Crippen LogP contribution is -2.50. The molecule has 1 aliphatic rings. The molecule has 2 N–H and O–H groups in total. The molecule has 0 radical (unpaired) electrons. The number of thioether (sulfide) groups is 1. The van der Waals surface area contributed by atoms with Crippen molar-refractivity contribution in [3.8, 4) is 0 Å². The fourth-order valence-corrected chi connectivity index (χ4v) is 3.59. The highest BCUT2D eigenvalue weighted by atomic mass is 32.2. The minimum absolute atomic E-state index is 0.0825. The molecule has 1 aromatic rings. The van der Waals surface area contributed by atoms with Gasteiger partial charge in [0.2, 0.25) is 0 Å². The number of aliphatic carboxylic acids is 1. The van der Waals surface area contributed by atoms with Crippen LogP contribution in [0.3, 0.4) is 0 Å². The van der Waals surface area contributed by atoms with Crippen molar-refractivity contribution in [3.63, 3.8) is 0 Å². The van der Waals surface area contributed by atoms with Gasteiger partial charge in [-0.15, -0.1) is 22.0 Å². The molecule has 2 heterocycles. The number of aromatic nitrogens is 3. The van der Waals surface area contributed by atoms with Gasteiger partial charge in [-0.1, -0.05) is 6.92 Å². The Hall–Kier alpha value is -1.77. The van der Waals surface area contributed by atoms with Crippen molar-refractivity contribution in [3.05, 3.63) is 12.2 Å². The van der Waals surface area contributed by atoms with Gasteiger partial charge >= 0.3 is 12.0 Å². The number of amides is 2. The van der Waals surface area contributed by atoms with Crippen LogP contribution >= 0.6 is 11.8 Å². The number of aryl methyl sites for hydroxylation is 1. The summed E-state index contributed by atoms with van der Waals surface area (Å²) >= 11 is 1.51.